The molecule has 7 nitrogen and oxygen atoms in total. The van der Waals surface area contributed by atoms with Gasteiger partial charge < -0.3 is 19.3 Å². The van der Waals surface area contributed by atoms with Crippen LogP contribution in [0.4, 0.5) is 5.13 Å². The molecule has 0 unspecified atom stereocenters. The van der Waals surface area contributed by atoms with Crippen LogP contribution in [0, 0.1) is 0 Å². The van der Waals surface area contributed by atoms with Crippen molar-refractivity contribution in [2.24, 2.45) is 0 Å². The van der Waals surface area contributed by atoms with Gasteiger partial charge in [0.25, 0.3) is 0 Å². The number of hydrogen-bond donors (Lipinski definition) is 0. The normalized spacial score (nSPS) is 19.0. The molecule has 3 aliphatic heterocycles. The lowest BCUT2D eigenvalue weighted by Crippen LogP contribution is -2.45. The van der Waals surface area contributed by atoms with E-state index in [1.807, 2.05) is 11.0 Å². The molecule has 0 saturated carbocycles. The van der Waals surface area contributed by atoms with Gasteiger partial charge in [-0.1, -0.05) is 17.4 Å². The molecule has 2 aromatic rings. The van der Waals surface area contributed by atoms with Gasteiger partial charge in [0.2, 0.25) is 12.7 Å². The zero-order valence-corrected chi connectivity index (χ0v) is 16.8. The fourth-order valence-corrected chi connectivity index (χ4v) is 5.15. The zero-order valence-electron chi connectivity index (χ0n) is 16.0. The van der Waals surface area contributed by atoms with Gasteiger partial charge in [0.15, 0.2) is 16.6 Å². The quantitative estimate of drug-likeness (QED) is 0.787. The lowest BCUT2D eigenvalue weighted by Gasteiger charge is -2.34. The molecule has 3 aliphatic rings. The Bertz CT molecular complexity index is 892. The van der Waals surface area contributed by atoms with Crippen molar-refractivity contribution in [1.29, 1.82) is 0 Å². The Balaban J connectivity index is 1.19. The molecular weight excluding hydrogens is 376 g/mol. The summed E-state index contributed by atoms with van der Waals surface area (Å²) < 4.78 is 10.9. The van der Waals surface area contributed by atoms with Gasteiger partial charge in [-0.2, -0.15) is 0 Å². The number of amides is 1. The van der Waals surface area contributed by atoms with E-state index < -0.39 is 0 Å². The van der Waals surface area contributed by atoms with Gasteiger partial charge in [0.1, 0.15) is 0 Å². The Kier molecular flexibility index (Phi) is 4.60. The van der Waals surface area contributed by atoms with E-state index >= 15 is 0 Å². The van der Waals surface area contributed by atoms with Crippen molar-refractivity contribution in [3.05, 3.63) is 34.3 Å². The summed E-state index contributed by atoms with van der Waals surface area (Å²) in [5.74, 6) is 1.84. The topological polar surface area (TPSA) is 58.1 Å². The van der Waals surface area contributed by atoms with Crippen LogP contribution in [0.1, 0.15) is 23.1 Å². The predicted molar refractivity (Wildman–Crippen MR) is 107 cm³/mol. The maximum Gasteiger partial charge on any atom is 0.231 e. The summed E-state index contributed by atoms with van der Waals surface area (Å²) in [4.78, 5) is 24.5. The molecule has 5 rings (SSSR count). The van der Waals surface area contributed by atoms with Crippen LogP contribution in [-0.4, -0.2) is 60.2 Å². The first-order valence-corrected chi connectivity index (χ1v) is 10.6. The van der Waals surface area contributed by atoms with E-state index in [9.17, 15) is 4.79 Å². The lowest BCUT2D eigenvalue weighted by atomic mass is 10.1. The number of piperazine rings is 1. The largest absolute Gasteiger partial charge is 0.454 e. The molecule has 0 aliphatic carbocycles. The SMILES string of the molecule is CC(=O)N1CCc2nc(N3CCN(Cc4ccc5c(c4)OCO5)CC3)sc2C1. The molecule has 8 heteroatoms. The molecule has 4 heterocycles. The van der Waals surface area contributed by atoms with Gasteiger partial charge in [-0.3, -0.25) is 9.69 Å². The van der Waals surface area contributed by atoms with Crippen LogP contribution in [-0.2, 0) is 24.3 Å². The lowest BCUT2D eigenvalue weighted by molar-refractivity contribution is -0.129. The minimum absolute atomic E-state index is 0.151. The predicted octanol–water partition coefficient (Wildman–Crippen LogP) is 2.10. The summed E-state index contributed by atoms with van der Waals surface area (Å²) in [6.45, 7) is 8.37. The molecule has 1 aromatic heterocycles. The van der Waals surface area contributed by atoms with Crippen molar-refractivity contribution in [2.45, 2.75) is 26.4 Å². The zero-order chi connectivity index (χ0) is 19.1. The van der Waals surface area contributed by atoms with Crippen LogP contribution in [0.2, 0.25) is 0 Å². The van der Waals surface area contributed by atoms with Crippen LogP contribution in [0.25, 0.3) is 0 Å². The second kappa shape index (κ2) is 7.25. The third-order valence-electron chi connectivity index (χ3n) is 5.65. The third kappa shape index (κ3) is 3.42. The van der Waals surface area contributed by atoms with Gasteiger partial charge in [-0.05, 0) is 17.7 Å². The number of aromatic nitrogens is 1. The molecule has 0 radical (unpaired) electrons. The summed E-state index contributed by atoms with van der Waals surface area (Å²) in [7, 11) is 0. The Labute approximate surface area is 168 Å². The third-order valence-corrected chi connectivity index (χ3v) is 6.79. The van der Waals surface area contributed by atoms with Crippen molar-refractivity contribution in [2.75, 3.05) is 44.4 Å². The van der Waals surface area contributed by atoms with Gasteiger partial charge in [-0.15, -0.1) is 0 Å². The van der Waals surface area contributed by atoms with E-state index in [1.165, 1.54) is 16.1 Å². The highest BCUT2D eigenvalue weighted by Gasteiger charge is 2.26. The van der Waals surface area contributed by atoms with Crippen LogP contribution in [0.15, 0.2) is 18.2 Å². The van der Waals surface area contributed by atoms with Crippen molar-refractivity contribution in [1.82, 2.24) is 14.8 Å². The molecule has 0 spiro atoms. The van der Waals surface area contributed by atoms with Crippen molar-refractivity contribution in [3.63, 3.8) is 0 Å². The molecule has 0 bridgehead atoms. The Morgan fingerprint density at radius 2 is 1.96 bits per heavy atom. The highest BCUT2D eigenvalue weighted by Crippen LogP contribution is 2.34. The van der Waals surface area contributed by atoms with E-state index in [1.54, 1.807) is 18.3 Å². The maximum atomic E-state index is 11.6. The molecule has 0 atom stereocenters. The standard InChI is InChI=1S/C20H24N4O3S/c1-14(25)24-5-4-16-19(12-24)28-20(21-16)23-8-6-22(7-9-23)11-15-2-3-17-18(10-15)27-13-26-17/h2-3,10H,4-9,11-13H2,1H3. The van der Waals surface area contributed by atoms with E-state index in [-0.39, 0.29) is 5.91 Å². The first-order valence-electron chi connectivity index (χ1n) is 9.75. The van der Waals surface area contributed by atoms with E-state index in [2.05, 4.69) is 21.9 Å². The monoisotopic (exact) mass is 400 g/mol. The van der Waals surface area contributed by atoms with Crippen LogP contribution in [0.5, 0.6) is 11.5 Å². The maximum absolute atomic E-state index is 11.6. The number of ether oxygens (including phenoxy) is 2. The number of fused-ring (bicyclic) bond motifs is 2. The second-order valence-electron chi connectivity index (χ2n) is 7.51. The molecule has 0 N–H and O–H groups in total. The van der Waals surface area contributed by atoms with E-state index in [0.29, 0.717) is 13.3 Å². The molecule has 1 saturated heterocycles. The van der Waals surface area contributed by atoms with E-state index in [4.69, 9.17) is 14.5 Å². The Morgan fingerprint density at radius 3 is 2.79 bits per heavy atom. The van der Waals surface area contributed by atoms with Crippen LogP contribution in [0.3, 0.4) is 0 Å². The average molecular weight is 401 g/mol. The first-order chi connectivity index (χ1) is 13.7. The van der Waals surface area contributed by atoms with Gasteiger partial charge in [0, 0.05) is 57.5 Å². The highest BCUT2D eigenvalue weighted by molar-refractivity contribution is 7.15. The minimum atomic E-state index is 0.151. The fraction of sp³-hybridized carbons (Fsp3) is 0.500. The van der Waals surface area contributed by atoms with Gasteiger partial charge in [0.05, 0.1) is 12.2 Å². The summed E-state index contributed by atoms with van der Waals surface area (Å²) in [5.41, 5.74) is 2.44. The average Bonchev–Trinajstić information content (AvgIpc) is 3.34. The summed E-state index contributed by atoms with van der Waals surface area (Å²) in [6, 6.07) is 6.21. The fourth-order valence-electron chi connectivity index (χ4n) is 3.98. The highest BCUT2D eigenvalue weighted by atomic mass is 32.1. The van der Waals surface area contributed by atoms with Crippen LogP contribution >= 0.6 is 11.3 Å². The number of hydrogen-bond acceptors (Lipinski definition) is 7. The number of carbonyl (C=O) groups is 1. The summed E-state index contributed by atoms with van der Waals surface area (Å²) in [5, 5.41) is 1.11. The number of benzene rings is 1. The van der Waals surface area contributed by atoms with Crippen molar-refractivity contribution < 1.29 is 14.3 Å². The number of thiazole rings is 1. The van der Waals surface area contributed by atoms with Crippen molar-refractivity contribution in [3.8, 4) is 11.5 Å². The molecule has 28 heavy (non-hydrogen) atoms. The summed E-state index contributed by atoms with van der Waals surface area (Å²) >= 11 is 1.75. The molecule has 1 amide bonds. The minimum Gasteiger partial charge on any atom is -0.454 e. The van der Waals surface area contributed by atoms with Gasteiger partial charge >= 0.3 is 0 Å². The summed E-state index contributed by atoms with van der Waals surface area (Å²) in [6.07, 6.45) is 0.871. The Hall–Kier alpha value is -2.32. The smallest absolute Gasteiger partial charge is 0.231 e. The number of anilines is 1. The molecule has 148 valence electrons. The van der Waals surface area contributed by atoms with Crippen LogP contribution < -0.4 is 14.4 Å². The second-order valence-corrected chi connectivity index (χ2v) is 8.57. The molecule has 1 fully saturated rings. The Morgan fingerprint density at radius 1 is 1.14 bits per heavy atom. The van der Waals surface area contributed by atoms with Gasteiger partial charge in [-0.25, -0.2) is 4.98 Å². The number of rotatable bonds is 3. The number of nitrogens with zero attached hydrogens (tertiary/aromatic N) is 4. The first kappa shape index (κ1) is 17.8. The van der Waals surface area contributed by atoms with E-state index in [0.717, 1.165) is 62.3 Å². The molecule has 1 aromatic carbocycles. The van der Waals surface area contributed by atoms with Crippen molar-refractivity contribution >= 4 is 22.4 Å². The molecular formula is C20H24N4O3S. The number of carbonyl (C=O) groups excluding carboxylic acids is 1.